The number of carbonyl (C=O) groups is 2. The molecule has 1 rings (SSSR count). The zero-order valence-corrected chi connectivity index (χ0v) is 12.3. The molecule has 1 aromatic rings. The molecule has 1 aromatic carbocycles. The molecule has 0 aliphatic heterocycles. The SMILES string of the molecule is CNCCCN(C)C(=O)Nc1ccccc1OCC(=O)O. The second kappa shape index (κ2) is 8.80. The Kier molecular flexibility index (Phi) is 7.03. The molecule has 0 radical (unpaired) electrons. The number of hydrogen-bond donors (Lipinski definition) is 3. The highest BCUT2D eigenvalue weighted by atomic mass is 16.5. The van der Waals surface area contributed by atoms with Crippen molar-refractivity contribution in [1.29, 1.82) is 0 Å². The number of hydrogen-bond acceptors (Lipinski definition) is 4. The number of carbonyl (C=O) groups excluding carboxylic acids is 1. The van der Waals surface area contributed by atoms with Gasteiger partial charge in [-0.1, -0.05) is 12.1 Å². The van der Waals surface area contributed by atoms with Crippen LogP contribution in [0, 0.1) is 0 Å². The summed E-state index contributed by atoms with van der Waals surface area (Å²) in [5.41, 5.74) is 0.448. The number of carboxylic acid groups (broad SMARTS) is 1. The van der Waals surface area contributed by atoms with Crippen LogP contribution >= 0.6 is 0 Å². The summed E-state index contributed by atoms with van der Waals surface area (Å²) < 4.78 is 5.13. The van der Waals surface area contributed by atoms with E-state index in [4.69, 9.17) is 9.84 Å². The highest BCUT2D eigenvalue weighted by Gasteiger charge is 2.12. The first-order valence-corrected chi connectivity index (χ1v) is 6.65. The summed E-state index contributed by atoms with van der Waals surface area (Å²) >= 11 is 0. The number of carboxylic acids is 1. The van der Waals surface area contributed by atoms with E-state index >= 15 is 0 Å². The Balaban J connectivity index is 2.60. The number of aliphatic carboxylic acids is 1. The number of benzene rings is 1. The van der Waals surface area contributed by atoms with Gasteiger partial charge in [0.05, 0.1) is 5.69 Å². The monoisotopic (exact) mass is 295 g/mol. The van der Waals surface area contributed by atoms with Gasteiger partial charge in [0.25, 0.3) is 0 Å². The third kappa shape index (κ3) is 6.13. The predicted octanol–water partition coefficient (Wildman–Crippen LogP) is 1.22. The molecular formula is C14H21N3O4. The summed E-state index contributed by atoms with van der Waals surface area (Å²) in [6.07, 6.45) is 0.845. The average Bonchev–Trinajstić information content (AvgIpc) is 2.46. The first kappa shape index (κ1) is 16.8. The van der Waals surface area contributed by atoms with Gasteiger partial charge >= 0.3 is 12.0 Å². The zero-order valence-electron chi connectivity index (χ0n) is 12.3. The lowest BCUT2D eigenvalue weighted by atomic mass is 10.3. The molecule has 0 aliphatic rings. The van der Waals surface area contributed by atoms with Crippen molar-refractivity contribution in [3.63, 3.8) is 0 Å². The number of ether oxygens (including phenoxy) is 1. The molecular weight excluding hydrogens is 274 g/mol. The van der Waals surface area contributed by atoms with Crippen LogP contribution in [0.1, 0.15) is 6.42 Å². The van der Waals surface area contributed by atoms with E-state index in [1.165, 1.54) is 0 Å². The Morgan fingerprint density at radius 3 is 2.71 bits per heavy atom. The highest BCUT2D eigenvalue weighted by molar-refractivity contribution is 5.90. The lowest BCUT2D eigenvalue weighted by Crippen LogP contribution is -2.33. The van der Waals surface area contributed by atoms with Gasteiger partial charge in [-0.2, -0.15) is 0 Å². The molecule has 0 fully saturated rings. The molecule has 0 heterocycles. The predicted molar refractivity (Wildman–Crippen MR) is 79.8 cm³/mol. The molecule has 116 valence electrons. The summed E-state index contributed by atoms with van der Waals surface area (Å²) in [5.74, 6) is -0.739. The molecule has 21 heavy (non-hydrogen) atoms. The Bertz CT molecular complexity index is 479. The first-order chi connectivity index (χ1) is 10.0. The van der Waals surface area contributed by atoms with Crippen LogP contribution in [0.4, 0.5) is 10.5 Å². The van der Waals surface area contributed by atoms with Crippen LogP contribution in [0.25, 0.3) is 0 Å². The Morgan fingerprint density at radius 2 is 2.05 bits per heavy atom. The van der Waals surface area contributed by atoms with E-state index in [0.717, 1.165) is 13.0 Å². The van der Waals surface area contributed by atoms with Crippen LogP contribution in [-0.2, 0) is 4.79 Å². The third-order valence-corrected chi connectivity index (χ3v) is 2.75. The summed E-state index contributed by atoms with van der Waals surface area (Å²) in [4.78, 5) is 24.1. The van der Waals surface area contributed by atoms with E-state index in [2.05, 4.69) is 10.6 Å². The normalized spacial score (nSPS) is 10.0. The summed E-state index contributed by atoms with van der Waals surface area (Å²) in [6.45, 7) is 0.992. The van der Waals surface area contributed by atoms with E-state index in [-0.39, 0.29) is 6.03 Å². The van der Waals surface area contributed by atoms with Gasteiger partial charge in [-0.15, -0.1) is 0 Å². The number of nitrogens with zero attached hydrogens (tertiary/aromatic N) is 1. The van der Waals surface area contributed by atoms with Gasteiger partial charge in [-0.3, -0.25) is 0 Å². The number of nitrogens with one attached hydrogen (secondary N) is 2. The Morgan fingerprint density at radius 1 is 1.33 bits per heavy atom. The van der Waals surface area contributed by atoms with Crippen molar-refractivity contribution in [3.8, 4) is 5.75 Å². The Hall–Kier alpha value is -2.28. The molecule has 0 spiro atoms. The number of amides is 2. The first-order valence-electron chi connectivity index (χ1n) is 6.65. The van der Waals surface area contributed by atoms with Crippen molar-refractivity contribution < 1.29 is 19.4 Å². The van der Waals surface area contributed by atoms with E-state index in [9.17, 15) is 9.59 Å². The van der Waals surface area contributed by atoms with Crippen LogP contribution in [0.3, 0.4) is 0 Å². The summed E-state index contributed by atoms with van der Waals surface area (Å²) in [5, 5.41) is 14.4. The van der Waals surface area contributed by atoms with E-state index in [1.54, 1.807) is 36.2 Å². The van der Waals surface area contributed by atoms with Crippen molar-refractivity contribution in [2.45, 2.75) is 6.42 Å². The van der Waals surface area contributed by atoms with Crippen molar-refractivity contribution in [3.05, 3.63) is 24.3 Å². The van der Waals surface area contributed by atoms with Crippen molar-refractivity contribution in [2.75, 3.05) is 39.1 Å². The number of rotatable bonds is 8. The number of urea groups is 1. The molecule has 7 nitrogen and oxygen atoms in total. The number of anilines is 1. The molecule has 0 aliphatic carbocycles. The van der Waals surface area contributed by atoms with Crippen LogP contribution in [0.15, 0.2) is 24.3 Å². The van der Waals surface area contributed by atoms with Gasteiger partial charge in [-0.05, 0) is 32.1 Å². The standard InChI is InChI=1S/C14H21N3O4/c1-15-8-5-9-17(2)14(20)16-11-6-3-4-7-12(11)21-10-13(18)19/h3-4,6-7,15H,5,8-10H2,1-2H3,(H,16,20)(H,18,19). The van der Waals surface area contributed by atoms with Gasteiger partial charge in [0.1, 0.15) is 5.75 Å². The average molecular weight is 295 g/mol. The molecule has 7 heteroatoms. The molecule has 0 saturated carbocycles. The largest absolute Gasteiger partial charge is 0.480 e. The topological polar surface area (TPSA) is 90.9 Å². The maximum Gasteiger partial charge on any atom is 0.341 e. The van der Waals surface area contributed by atoms with Gasteiger partial charge in [0, 0.05) is 13.6 Å². The highest BCUT2D eigenvalue weighted by Crippen LogP contribution is 2.23. The van der Waals surface area contributed by atoms with Crippen LogP contribution in [0.2, 0.25) is 0 Å². The van der Waals surface area contributed by atoms with Crippen molar-refractivity contribution >= 4 is 17.7 Å². The minimum absolute atomic E-state index is 0.266. The minimum atomic E-state index is -1.07. The zero-order chi connectivity index (χ0) is 15.7. The molecule has 3 N–H and O–H groups in total. The van der Waals surface area contributed by atoms with Crippen molar-refractivity contribution in [1.82, 2.24) is 10.2 Å². The molecule has 2 amide bonds. The fraction of sp³-hybridized carbons (Fsp3) is 0.429. The van der Waals surface area contributed by atoms with Crippen LogP contribution in [0.5, 0.6) is 5.75 Å². The maximum atomic E-state index is 12.0. The van der Waals surface area contributed by atoms with Gasteiger partial charge in [0.2, 0.25) is 0 Å². The fourth-order valence-electron chi connectivity index (χ4n) is 1.64. The molecule has 0 bridgehead atoms. The van der Waals surface area contributed by atoms with Crippen LogP contribution in [-0.4, -0.2) is 55.8 Å². The van der Waals surface area contributed by atoms with Gasteiger partial charge in [0.15, 0.2) is 6.61 Å². The molecule has 0 unspecified atom stereocenters. The van der Waals surface area contributed by atoms with Crippen molar-refractivity contribution in [2.24, 2.45) is 0 Å². The van der Waals surface area contributed by atoms with Crippen LogP contribution < -0.4 is 15.4 Å². The molecule has 0 saturated heterocycles. The maximum absolute atomic E-state index is 12.0. The van der Waals surface area contributed by atoms with Gasteiger partial charge < -0.3 is 25.4 Å². The van der Waals surface area contributed by atoms with E-state index < -0.39 is 12.6 Å². The lowest BCUT2D eigenvalue weighted by Gasteiger charge is -2.19. The minimum Gasteiger partial charge on any atom is -0.480 e. The summed E-state index contributed by atoms with van der Waals surface area (Å²) in [7, 11) is 3.56. The summed E-state index contributed by atoms with van der Waals surface area (Å²) in [6, 6.07) is 6.46. The lowest BCUT2D eigenvalue weighted by molar-refractivity contribution is -0.139. The second-order valence-electron chi connectivity index (χ2n) is 4.49. The number of para-hydroxylation sites is 2. The second-order valence-corrected chi connectivity index (χ2v) is 4.49. The Labute approximate surface area is 123 Å². The smallest absolute Gasteiger partial charge is 0.341 e. The third-order valence-electron chi connectivity index (χ3n) is 2.75. The fourth-order valence-corrected chi connectivity index (χ4v) is 1.64. The van der Waals surface area contributed by atoms with Gasteiger partial charge in [-0.25, -0.2) is 9.59 Å². The van der Waals surface area contributed by atoms with E-state index in [0.29, 0.717) is 18.0 Å². The van der Waals surface area contributed by atoms with E-state index in [1.807, 2.05) is 7.05 Å². The molecule has 0 atom stereocenters. The quantitative estimate of drug-likeness (QED) is 0.627. The molecule has 0 aromatic heterocycles.